The molecule has 1 fully saturated rings. The summed E-state index contributed by atoms with van der Waals surface area (Å²) in [6, 6.07) is 15.1. The Kier molecular flexibility index (Phi) is 7.00. The number of halogens is 1. The van der Waals surface area contributed by atoms with E-state index in [9.17, 15) is 17.6 Å². The molecule has 1 amide bonds. The van der Waals surface area contributed by atoms with Crippen molar-refractivity contribution >= 4 is 15.9 Å². The number of aromatic nitrogens is 1. The lowest BCUT2D eigenvalue weighted by atomic mass is 10.0. The first-order valence-corrected chi connectivity index (χ1v) is 12.1. The number of rotatable bonds is 7. The minimum Gasteiger partial charge on any atom is -0.453 e. The number of pyridine rings is 1. The van der Waals surface area contributed by atoms with Crippen LogP contribution in [0.3, 0.4) is 0 Å². The molecule has 1 saturated heterocycles. The summed E-state index contributed by atoms with van der Waals surface area (Å²) in [7, 11) is -3.79. The topological polar surface area (TPSA) is 88.6 Å². The van der Waals surface area contributed by atoms with Gasteiger partial charge in [0.2, 0.25) is 15.9 Å². The van der Waals surface area contributed by atoms with Crippen LogP contribution in [-0.4, -0.2) is 36.2 Å². The second kappa shape index (κ2) is 10.1. The van der Waals surface area contributed by atoms with Crippen LogP contribution in [0.2, 0.25) is 0 Å². The highest BCUT2D eigenvalue weighted by molar-refractivity contribution is 7.89. The van der Waals surface area contributed by atoms with E-state index in [1.54, 1.807) is 42.6 Å². The van der Waals surface area contributed by atoms with E-state index in [2.05, 4.69) is 10.3 Å². The van der Waals surface area contributed by atoms with Gasteiger partial charge in [0.15, 0.2) is 11.6 Å². The van der Waals surface area contributed by atoms with E-state index in [4.69, 9.17) is 4.74 Å². The summed E-state index contributed by atoms with van der Waals surface area (Å²) < 4.78 is 47.4. The van der Waals surface area contributed by atoms with Gasteiger partial charge in [0, 0.05) is 19.3 Å². The fraction of sp³-hybridized carbons (Fsp3) is 0.250. The van der Waals surface area contributed by atoms with Crippen molar-refractivity contribution in [3.63, 3.8) is 0 Å². The number of carbonyl (C=O) groups excluding carboxylic acids is 1. The third-order valence-corrected chi connectivity index (χ3v) is 7.35. The van der Waals surface area contributed by atoms with Crippen LogP contribution in [-0.2, 0) is 21.4 Å². The Labute approximate surface area is 192 Å². The van der Waals surface area contributed by atoms with Gasteiger partial charge in [-0.25, -0.2) is 12.8 Å². The lowest BCUT2D eigenvalue weighted by molar-refractivity contribution is -0.125. The van der Waals surface area contributed by atoms with Gasteiger partial charge in [-0.3, -0.25) is 9.78 Å². The second-order valence-electron chi connectivity index (χ2n) is 7.71. The molecule has 1 aromatic heterocycles. The van der Waals surface area contributed by atoms with Gasteiger partial charge in [-0.2, -0.15) is 4.31 Å². The fourth-order valence-corrected chi connectivity index (χ4v) is 5.44. The van der Waals surface area contributed by atoms with Crippen LogP contribution in [0, 0.1) is 5.82 Å². The van der Waals surface area contributed by atoms with Crippen LogP contribution in [0.1, 0.15) is 24.8 Å². The molecular weight excluding hydrogens is 445 g/mol. The Balaban J connectivity index is 1.42. The van der Waals surface area contributed by atoms with Gasteiger partial charge in [-0.15, -0.1) is 0 Å². The van der Waals surface area contributed by atoms with Crippen molar-refractivity contribution in [2.45, 2.75) is 36.7 Å². The summed E-state index contributed by atoms with van der Waals surface area (Å²) in [6.07, 6.45) is 4.96. The lowest BCUT2D eigenvalue weighted by Crippen LogP contribution is -2.51. The molecule has 3 aromatic rings. The monoisotopic (exact) mass is 469 g/mol. The largest absolute Gasteiger partial charge is 0.453 e. The molecule has 9 heteroatoms. The van der Waals surface area contributed by atoms with E-state index in [-0.39, 0.29) is 23.7 Å². The summed E-state index contributed by atoms with van der Waals surface area (Å²) in [6.45, 7) is 0.350. The molecule has 0 aliphatic carbocycles. The zero-order chi connectivity index (χ0) is 23.3. The molecule has 1 aliphatic rings. The maximum absolute atomic E-state index is 14.5. The maximum atomic E-state index is 14.5. The summed E-state index contributed by atoms with van der Waals surface area (Å²) in [4.78, 5) is 17.0. The highest BCUT2D eigenvalue weighted by Crippen LogP contribution is 2.26. The van der Waals surface area contributed by atoms with Crippen LogP contribution in [0.5, 0.6) is 11.5 Å². The van der Waals surface area contributed by atoms with Crippen molar-refractivity contribution in [3.05, 3.63) is 84.4 Å². The zero-order valence-electron chi connectivity index (χ0n) is 17.9. The average Bonchev–Trinajstić information content (AvgIpc) is 2.85. The van der Waals surface area contributed by atoms with Gasteiger partial charge in [0.05, 0.1) is 11.1 Å². The molecule has 172 valence electrons. The van der Waals surface area contributed by atoms with Crippen molar-refractivity contribution in [2.75, 3.05) is 6.54 Å². The normalized spacial score (nSPS) is 16.8. The number of hydrogen-bond acceptors (Lipinski definition) is 5. The van der Waals surface area contributed by atoms with Crippen LogP contribution >= 0.6 is 0 Å². The van der Waals surface area contributed by atoms with Crippen molar-refractivity contribution in [2.24, 2.45) is 0 Å². The third-order valence-electron chi connectivity index (χ3n) is 5.43. The number of amides is 1. The van der Waals surface area contributed by atoms with Gasteiger partial charge in [0.1, 0.15) is 11.8 Å². The van der Waals surface area contributed by atoms with Gasteiger partial charge < -0.3 is 10.1 Å². The van der Waals surface area contributed by atoms with E-state index in [1.807, 2.05) is 0 Å². The van der Waals surface area contributed by atoms with Gasteiger partial charge in [0.25, 0.3) is 0 Å². The molecule has 4 rings (SSSR count). The van der Waals surface area contributed by atoms with E-state index in [0.29, 0.717) is 24.2 Å². The fourth-order valence-electron chi connectivity index (χ4n) is 3.76. The van der Waals surface area contributed by atoms with E-state index < -0.39 is 27.8 Å². The van der Waals surface area contributed by atoms with Crippen LogP contribution in [0.15, 0.2) is 78.0 Å². The number of sulfonamides is 1. The Morgan fingerprint density at radius 1 is 1.12 bits per heavy atom. The smallest absolute Gasteiger partial charge is 0.243 e. The Morgan fingerprint density at radius 2 is 1.94 bits per heavy atom. The minimum atomic E-state index is -3.79. The van der Waals surface area contributed by atoms with Crippen molar-refractivity contribution in [1.82, 2.24) is 14.6 Å². The first-order chi connectivity index (χ1) is 15.9. The van der Waals surface area contributed by atoms with Crippen LogP contribution in [0.25, 0.3) is 0 Å². The molecule has 1 atom stereocenters. The summed E-state index contributed by atoms with van der Waals surface area (Å²) >= 11 is 0. The summed E-state index contributed by atoms with van der Waals surface area (Å²) in [5.74, 6) is -0.512. The molecule has 7 nitrogen and oxygen atoms in total. The highest BCUT2D eigenvalue weighted by atomic mass is 32.2. The van der Waals surface area contributed by atoms with Gasteiger partial charge in [-0.1, -0.05) is 30.7 Å². The first kappa shape index (κ1) is 22.9. The minimum absolute atomic E-state index is 0.0467. The standard InChI is InChI=1S/C24H24FN3O4S/c25-21-15-18(11-12-23(21)32-19-7-6-13-26-17-19)16-27-24(29)22-10-4-5-14-28(22)33(30,31)20-8-2-1-3-9-20/h1-3,6-9,11-13,15,17,22H,4-5,10,14,16H2,(H,27,29). The Hall–Kier alpha value is -3.30. The van der Waals surface area contributed by atoms with Crippen molar-refractivity contribution in [1.29, 1.82) is 0 Å². The summed E-state index contributed by atoms with van der Waals surface area (Å²) in [5, 5.41) is 2.76. The highest BCUT2D eigenvalue weighted by Gasteiger charge is 2.37. The number of benzene rings is 2. The molecule has 2 aromatic carbocycles. The third kappa shape index (κ3) is 5.37. The molecule has 33 heavy (non-hydrogen) atoms. The number of nitrogens with zero attached hydrogens (tertiary/aromatic N) is 2. The van der Waals surface area contributed by atoms with E-state index >= 15 is 0 Å². The average molecular weight is 470 g/mol. The van der Waals surface area contributed by atoms with Crippen molar-refractivity contribution < 1.29 is 22.3 Å². The molecule has 1 unspecified atom stereocenters. The quantitative estimate of drug-likeness (QED) is 0.568. The van der Waals surface area contributed by atoms with Crippen molar-refractivity contribution in [3.8, 4) is 11.5 Å². The molecule has 2 heterocycles. The van der Waals surface area contributed by atoms with E-state index in [1.165, 1.54) is 34.8 Å². The predicted molar refractivity (Wildman–Crippen MR) is 121 cm³/mol. The van der Waals surface area contributed by atoms with Gasteiger partial charge in [-0.05, 0) is 54.8 Å². The maximum Gasteiger partial charge on any atom is 0.243 e. The molecule has 0 bridgehead atoms. The summed E-state index contributed by atoms with van der Waals surface area (Å²) in [5.41, 5.74) is 0.535. The number of carbonyl (C=O) groups is 1. The number of hydrogen-bond donors (Lipinski definition) is 1. The van der Waals surface area contributed by atoms with Crippen LogP contribution < -0.4 is 10.1 Å². The lowest BCUT2D eigenvalue weighted by Gasteiger charge is -2.33. The SMILES string of the molecule is O=C(NCc1ccc(Oc2cccnc2)c(F)c1)C1CCCCN1S(=O)(=O)c1ccccc1. The molecule has 1 N–H and O–H groups in total. The Bertz CT molecular complexity index is 1210. The molecular formula is C24H24FN3O4S. The second-order valence-corrected chi connectivity index (χ2v) is 9.60. The van der Waals surface area contributed by atoms with Crippen LogP contribution in [0.4, 0.5) is 4.39 Å². The molecule has 0 saturated carbocycles. The van der Waals surface area contributed by atoms with Gasteiger partial charge >= 0.3 is 0 Å². The molecule has 1 aliphatic heterocycles. The Morgan fingerprint density at radius 3 is 2.67 bits per heavy atom. The molecule has 0 spiro atoms. The first-order valence-electron chi connectivity index (χ1n) is 10.7. The molecule has 0 radical (unpaired) electrons. The zero-order valence-corrected chi connectivity index (χ0v) is 18.7. The predicted octanol–water partition coefficient (Wildman–Crippen LogP) is 3.87. The number of nitrogens with one attached hydrogen (secondary N) is 1. The number of ether oxygens (including phenoxy) is 1. The van der Waals surface area contributed by atoms with E-state index in [0.717, 1.165) is 6.42 Å². The number of piperidine rings is 1.